The molecule has 0 bridgehead atoms. The number of carboxylic acids is 1. The van der Waals surface area contributed by atoms with Gasteiger partial charge in [-0.2, -0.15) is 0 Å². The van der Waals surface area contributed by atoms with Crippen molar-refractivity contribution in [1.82, 2.24) is 4.98 Å². The molecular formula is C14H19N3O3. The van der Waals surface area contributed by atoms with E-state index < -0.39 is 17.3 Å². The van der Waals surface area contributed by atoms with E-state index in [9.17, 15) is 14.7 Å². The minimum absolute atomic E-state index is 0.386. The number of anilines is 1. The molecule has 0 radical (unpaired) electrons. The van der Waals surface area contributed by atoms with E-state index in [2.05, 4.69) is 4.98 Å². The monoisotopic (exact) mass is 277 g/mol. The third-order valence-electron chi connectivity index (χ3n) is 3.76. The van der Waals surface area contributed by atoms with E-state index in [0.717, 1.165) is 13.0 Å². The second kappa shape index (κ2) is 5.11. The summed E-state index contributed by atoms with van der Waals surface area (Å²) in [6.45, 7) is 4.65. The van der Waals surface area contributed by atoms with Crippen molar-refractivity contribution in [3.05, 3.63) is 23.4 Å². The summed E-state index contributed by atoms with van der Waals surface area (Å²) in [5.74, 6) is -0.689. The van der Waals surface area contributed by atoms with Gasteiger partial charge in [-0.1, -0.05) is 0 Å². The molecule has 2 heterocycles. The number of carboxylic acid groups (broad SMARTS) is 1. The van der Waals surface area contributed by atoms with Gasteiger partial charge in [0.05, 0.1) is 5.41 Å². The average Bonchev–Trinajstić information content (AvgIpc) is 2.38. The maximum atomic E-state index is 11.4. The number of primary amides is 1. The molecule has 1 aromatic rings. The number of carbonyl (C=O) groups excluding carboxylic acids is 1. The van der Waals surface area contributed by atoms with Crippen LogP contribution in [0.15, 0.2) is 12.1 Å². The van der Waals surface area contributed by atoms with Gasteiger partial charge in [0.25, 0.3) is 0 Å². The van der Waals surface area contributed by atoms with Gasteiger partial charge in [0.2, 0.25) is 5.91 Å². The number of amides is 1. The Kier molecular flexibility index (Phi) is 3.65. The Labute approximate surface area is 117 Å². The van der Waals surface area contributed by atoms with Crippen LogP contribution in [-0.4, -0.2) is 35.1 Å². The third-order valence-corrected chi connectivity index (χ3v) is 3.76. The van der Waals surface area contributed by atoms with E-state index in [4.69, 9.17) is 5.73 Å². The summed E-state index contributed by atoms with van der Waals surface area (Å²) in [5.41, 5.74) is 5.61. The van der Waals surface area contributed by atoms with Gasteiger partial charge in [-0.25, -0.2) is 4.98 Å². The molecule has 6 nitrogen and oxygen atoms in total. The molecular weight excluding hydrogens is 258 g/mol. The smallest absolute Gasteiger partial charge is 0.311 e. The predicted octanol–water partition coefficient (Wildman–Crippen LogP) is 1.18. The molecule has 1 saturated heterocycles. The summed E-state index contributed by atoms with van der Waals surface area (Å²) in [4.78, 5) is 29.0. The van der Waals surface area contributed by atoms with Gasteiger partial charge in [0, 0.05) is 24.3 Å². The maximum Gasteiger partial charge on any atom is 0.311 e. The van der Waals surface area contributed by atoms with Crippen LogP contribution in [0.4, 0.5) is 5.82 Å². The summed E-state index contributed by atoms with van der Waals surface area (Å²) in [5, 5.41) is 9.34. The average molecular weight is 277 g/mol. The number of aryl methyl sites for hydroxylation is 1. The minimum Gasteiger partial charge on any atom is -0.481 e. The molecule has 1 aromatic heterocycles. The van der Waals surface area contributed by atoms with Crippen LogP contribution in [0.1, 0.15) is 35.8 Å². The standard InChI is InChI=1S/C14H19N3O3/c1-9-6-10(12(15)18)7-11(16-9)17-5-3-4-14(2,8-17)13(19)20/h6-7H,3-5,8H2,1-2H3,(H2,15,18)(H,19,20). The molecule has 6 heteroatoms. The van der Waals surface area contributed by atoms with E-state index >= 15 is 0 Å². The molecule has 1 aliphatic heterocycles. The van der Waals surface area contributed by atoms with Crippen LogP contribution in [0, 0.1) is 12.3 Å². The van der Waals surface area contributed by atoms with Gasteiger partial charge in [-0.15, -0.1) is 0 Å². The van der Waals surface area contributed by atoms with E-state index in [1.807, 2.05) is 4.90 Å². The Hall–Kier alpha value is -2.11. The van der Waals surface area contributed by atoms with E-state index in [0.29, 0.717) is 30.0 Å². The van der Waals surface area contributed by atoms with Crippen LogP contribution in [0.2, 0.25) is 0 Å². The molecule has 20 heavy (non-hydrogen) atoms. The predicted molar refractivity (Wildman–Crippen MR) is 74.7 cm³/mol. The molecule has 0 saturated carbocycles. The number of hydrogen-bond donors (Lipinski definition) is 2. The van der Waals surface area contributed by atoms with Crippen molar-refractivity contribution in [1.29, 1.82) is 0 Å². The fourth-order valence-electron chi connectivity index (χ4n) is 2.56. The first-order valence-corrected chi connectivity index (χ1v) is 6.59. The fourth-order valence-corrected chi connectivity index (χ4v) is 2.56. The van der Waals surface area contributed by atoms with E-state index in [-0.39, 0.29) is 0 Å². The van der Waals surface area contributed by atoms with E-state index in [1.54, 1.807) is 26.0 Å². The van der Waals surface area contributed by atoms with E-state index in [1.165, 1.54) is 0 Å². The molecule has 1 unspecified atom stereocenters. The van der Waals surface area contributed by atoms with Crippen molar-refractivity contribution in [2.75, 3.05) is 18.0 Å². The van der Waals surface area contributed by atoms with Gasteiger partial charge in [0.1, 0.15) is 5.82 Å². The van der Waals surface area contributed by atoms with Crippen molar-refractivity contribution < 1.29 is 14.7 Å². The summed E-state index contributed by atoms with van der Waals surface area (Å²) < 4.78 is 0. The number of pyridine rings is 1. The van der Waals surface area contributed by atoms with Gasteiger partial charge in [0.15, 0.2) is 0 Å². The quantitative estimate of drug-likeness (QED) is 0.864. The van der Waals surface area contributed by atoms with Crippen LogP contribution in [-0.2, 0) is 4.79 Å². The van der Waals surface area contributed by atoms with Gasteiger partial charge in [-0.05, 0) is 38.8 Å². The number of carbonyl (C=O) groups is 2. The Morgan fingerprint density at radius 1 is 1.45 bits per heavy atom. The van der Waals surface area contributed by atoms with Gasteiger partial charge >= 0.3 is 5.97 Å². The Bertz CT molecular complexity index is 559. The third kappa shape index (κ3) is 2.74. The number of hydrogen-bond acceptors (Lipinski definition) is 4. The number of piperidine rings is 1. The topological polar surface area (TPSA) is 96.5 Å². The van der Waals surface area contributed by atoms with Crippen molar-refractivity contribution >= 4 is 17.7 Å². The summed E-state index contributed by atoms with van der Waals surface area (Å²) in [6.07, 6.45) is 1.43. The number of aliphatic carboxylic acids is 1. The Morgan fingerprint density at radius 3 is 2.75 bits per heavy atom. The number of aromatic nitrogens is 1. The Balaban J connectivity index is 2.32. The highest BCUT2D eigenvalue weighted by molar-refractivity contribution is 5.93. The Morgan fingerprint density at radius 2 is 2.15 bits per heavy atom. The molecule has 0 aromatic carbocycles. The molecule has 1 amide bonds. The molecule has 3 N–H and O–H groups in total. The van der Waals surface area contributed by atoms with Crippen LogP contribution in [0.3, 0.4) is 0 Å². The lowest BCUT2D eigenvalue weighted by atomic mass is 9.82. The minimum atomic E-state index is -0.801. The van der Waals surface area contributed by atoms with Crippen molar-refractivity contribution in [3.8, 4) is 0 Å². The number of rotatable bonds is 3. The van der Waals surface area contributed by atoms with Crippen molar-refractivity contribution in [3.63, 3.8) is 0 Å². The normalized spacial score (nSPS) is 22.6. The molecule has 1 atom stereocenters. The van der Waals surface area contributed by atoms with Crippen molar-refractivity contribution in [2.45, 2.75) is 26.7 Å². The SMILES string of the molecule is Cc1cc(C(N)=O)cc(N2CCCC(C)(C(=O)O)C2)n1. The highest BCUT2D eigenvalue weighted by atomic mass is 16.4. The largest absolute Gasteiger partial charge is 0.481 e. The first-order valence-electron chi connectivity index (χ1n) is 6.59. The van der Waals surface area contributed by atoms with Gasteiger partial charge < -0.3 is 15.7 Å². The second-order valence-electron chi connectivity index (χ2n) is 5.61. The highest BCUT2D eigenvalue weighted by Crippen LogP contribution is 2.32. The highest BCUT2D eigenvalue weighted by Gasteiger charge is 2.38. The molecule has 2 rings (SSSR count). The molecule has 1 aliphatic rings. The zero-order chi connectivity index (χ0) is 14.9. The second-order valence-corrected chi connectivity index (χ2v) is 5.61. The van der Waals surface area contributed by atoms with Crippen LogP contribution < -0.4 is 10.6 Å². The molecule has 0 aliphatic carbocycles. The molecule has 1 fully saturated rings. The van der Waals surface area contributed by atoms with Crippen LogP contribution in [0.25, 0.3) is 0 Å². The zero-order valence-electron chi connectivity index (χ0n) is 11.7. The van der Waals surface area contributed by atoms with Crippen LogP contribution in [0.5, 0.6) is 0 Å². The molecule has 108 valence electrons. The lowest BCUT2D eigenvalue weighted by Crippen LogP contribution is -2.46. The summed E-state index contributed by atoms with van der Waals surface area (Å²) >= 11 is 0. The fraction of sp³-hybridized carbons (Fsp3) is 0.500. The molecule has 0 spiro atoms. The maximum absolute atomic E-state index is 11.4. The number of nitrogens with zero attached hydrogens (tertiary/aromatic N) is 2. The first kappa shape index (κ1) is 14.3. The number of nitrogens with two attached hydrogens (primary N) is 1. The lowest BCUT2D eigenvalue weighted by molar-refractivity contribution is -0.148. The van der Waals surface area contributed by atoms with Crippen molar-refractivity contribution in [2.24, 2.45) is 11.1 Å². The summed E-state index contributed by atoms with van der Waals surface area (Å²) in [6, 6.07) is 3.26. The lowest BCUT2D eigenvalue weighted by Gasteiger charge is -2.38. The zero-order valence-corrected chi connectivity index (χ0v) is 11.7. The first-order chi connectivity index (χ1) is 9.32. The summed E-state index contributed by atoms with van der Waals surface area (Å²) in [7, 11) is 0. The van der Waals surface area contributed by atoms with Gasteiger partial charge in [-0.3, -0.25) is 9.59 Å². The van der Waals surface area contributed by atoms with Crippen LogP contribution >= 0.6 is 0 Å².